The van der Waals surface area contributed by atoms with Crippen LogP contribution in [-0.4, -0.2) is 35.7 Å². The molecule has 0 fully saturated rings. The highest BCUT2D eigenvalue weighted by Gasteiger charge is 2.34. The Balaban J connectivity index is 1.80. The van der Waals surface area contributed by atoms with Gasteiger partial charge in [-0.2, -0.15) is 0 Å². The van der Waals surface area contributed by atoms with Gasteiger partial charge in [0.05, 0.1) is 11.1 Å². The molecule has 2 rings (SSSR count). The third-order valence-electron chi connectivity index (χ3n) is 4.57. The van der Waals surface area contributed by atoms with Gasteiger partial charge in [-0.15, -0.1) is 0 Å². The van der Waals surface area contributed by atoms with Gasteiger partial charge in [0, 0.05) is 19.5 Å². The SMILES string of the molecule is CCCCC(CC)CNC(=O)CCN1C(=O)c2ccccc2C1=O. The molecule has 0 saturated carbocycles. The van der Waals surface area contributed by atoms with E-state index in [0.717, 1.165) is 19.3 Å². The molecule has 0 bridgehead atoms. The van der Waals surface area contributed by atoms with E-state index in [-0.39, 0.29) is 30.7 Å². The van der Waals surface area contributed by atoms with E-state index in [1.165, 1.54) is 11.3 Å². The second-order valence-corrected chi connectivity index (χ2v) is 6.28. The minimum atomic E-state index is -0.308. The van der Waals surface area contributed by atoms with Crippen molar-refractivity contribution in [3.63, 3.8) is 0 Å². The minimum absolute atomic E-state index is 0.110. The second kappa shape index (κ2) is 8.62. The van der Waals surface area contributed by atoms with Gasteiger partial charge in [-0.1, -0.05) is 45.2 Å². The number of carbonyl (C=O) groups excluding carboxylic acids is 3. The first-order chi connectivity index (χ1) is 11.6. The highest BCUT2D eigenvalue weighted by Crippen LogP contribution is 2.22. The van der Waals surface area contributed by atoms with E-state index in [0.29, 0.717) is 23.6 Å². The van der Waals surface area contributed by atoms with E-state index in [2.05, 4.69) is 19.2 Å². The maximum absolute atomic E-state index is 12.2. The predicted molar refractivity (Wildman–Crippen MR) is 92.7 cm³/mol. The summed E-state index contributed by atoms with van der Waals surface area (Å²) in [7, 11) is 0. The highest BCUT2D eigenvalue weighted by molar-refractivity contribution is 6.21. The summed E-state index contributed by atoms with van der Waals surface area (Å²) >= 11 is 0. The third-order valence-corrected chi connectivity index (χ3v) is 4.57. The van der Waals surface area contributed by atoms with Crippen molar-refractivity contribution in [2.24, 2.45) is 5.92 Å². The van der Waals surface area contributed by atoms with Crippen LogP contribution in [0.1, 0.15) is 66.7 Å². The third kappa shape index (κ3) is 4.22. The lowest BCUT2D eigenvalue weighted by Gasteiger charge is -2.17. The summed E-state index contributed by atoms with van der Waals surface area (Å²) in [5.41, 5.74) is 0.849. The van der Waals surface area contributed by atoms with Crippen molar-refractivity contribution in [2.75, 3.05) is 13.1 Å². The van der Waals surface area contributed by atoms with Gasteiger partial charge in [0.2, 0.25) is 5.91 Å². The van der Waals surface area contributed by atoms with Gasteiger partial charge in [0.25, 0.3) is 11.8 Å². The van der Waals surface area contributed by atoms with Crippen LogP contribution in [0.4, 0.5) is 0 Å². The van der Waals surface area contributed by atoms with Gasteiger partial charge >= 0.3 is 0 Å². The van der Waals surface area contributed by atoms with E-state index in [1.54, 1.807) is 24.3 Å². The molecule has 1 aromatic carbocycles. The Morgan fingerprint density at radius 2 is 1.75 bits per heavy atom. The fourth-order valence-electron chi connectivity index (χ4n) is 2.95. The zero-order valence-electron chi connectivity index (χ0n) is 14.5. The van der Waals surface area contributed by atoms with Crippen LogP contribution in [0.3, 0.4) is 0 Å². The van der Waals surface area contributed by atoms with Crippen LogP contribution in [0, 0.1) is 5.92 Å². The lowest BCUT2D eigenvalue weighted by molar-refractivity contribution is -0.121. The molecule has 0 spiro atoms. The molecule has 5 nitrogen and oxygen atoms in total. The summed E-state index contributed by atoms with van der Waals surface area (Å²) in [6, 6.07) is 6.77. The second-order valence-electron chi connectivity index (χ2n) is 6.28. The Bertz CT molecular complexity index is 577. The van der Waals surface area contributed by atoms with Crippen molar-refractivity contribution in [1.82, 2.24) is 10.2 Å². The summed E-state index contributed by atoms with van der Waals surface area (Å²) < 4.78 is 0. The van der Waals surface area contributed by atoms with Crippen molar-refractivity contribution in [3.8, 4) is 0 Å². The molecule has 3 amide bonds. The molecule has 1 aromatic rings. The number of fused-ring (bicyclic) bond motifs is 1. The minimum Gasteiger partial charge on any atom is -0.356 e. The molecule has 1 N–H and O–H groups in total. The molecule has 1 atom stereocenters. The van der Waals surface area contributed by atoms with E-state index in [9.17, 15) is 14.4 Å². The summed E-state index contributed by atoms with van der Waals surface area (Å²) in [6.45, 7) is 5.08. The van der Waals surface area contributed by atoms with Crippen LogP contribution < -0.4 is 5.32 Å². The van der Waals surface area contributed by atoms with Crippen LogP contribution in [0.15, 0.2) is 24.3 Å². The molecule has 1 heterocycles. The molecule has 5 heteroatoms. The number of nitrogens with zero attached hydrogens (tertiary/aromatic N) is 1. The van der Waals surface area contributed by atoms with Crippen molar-refractivity contribution >= 4 is 17.7 Å². The summed E-state index contributed by atoms with van der Waals surface area (Å²) in [5, 5.41) is 2.93. The number of imide groups is 1. The maximum Gasteiger partial charge on any atom is 0.261 e. The molecule has 0 aromatic heterocycles. The quantitative estimate of drug-likeness (QED) is 0.708. The highest BCUT2D eigenvalue weighted by atomic mass is 16.2. The maximum atomic E-state index is 12.2. The van der Waals surface area contributed by atoms with Gasteiger partial charge in [-0.3, -0.25) is 19.3 Å². The van der Waals surface area contributed by atoms with Crippen LogP contribution in [-0.2, 0) is 4.79 Å². The molecule has 1 aliphatic heterocycles. The summed E-state index contributed by atoms with van der Waals surface area (Å²) in [4.78, 5) is 37.6. The number of amides is 3. The smallest absolute Gasteiger partial charge is 0.261 e. The monoisotopic (exact) mass is 330 g/mol. The Morgan fingerprint density at radius 1 is 1.12 bits per heavy atom. The number of hydrogen-bond acceptors (Lipinski definition) is 3. The number of benzene rings is 1. The fraction of sp³-hybridized carbons (Fsp3) is 0.526. The Hall–Kier alpha value is -2.17. The normalized spacial score (nSPS) is 14.7. The predicted octanol–water partition coefficient (Wildman–Crippen LogP) is 3.01. The zero-order chi connectivity index (χ0) is 17.5. The molecular formula is C19H26N2O3. The van der Waals surface area contributed by atoms with Gasteiger partial charge in [0.15, 0.2) is 0 Å². The Labute approximate surface area is 143 Å². The molecular weight excluding hydrogens is 304 g/mol. The number of carbonyl (C=O) groups is 3. The Morgan fingerprint density at radius 3 is 2.29 bits per heavy atom. The van der Waals surface area contributed by atoms with E-state index in [1.807, 2.05) is 0 Å². The molecule has 130 valence electrons. The number of rotatable bonds is 9. The van der Waals surface area contributed by atoms with Crippen molar-refractivity contribution in [1.29, 1.82) is 0 Å². The molecule has 0 radical (unpaired) electrons. The standard InChI is InChI=1S/C19H26N2O3/c1-3-5-8-14(4-2)13-20-17(22)11-12-21-18(23)15-9-6-7-10-16(15)19(21)24/h6-7,9-10,14H,3-5,8,11-13H2,1-2H3,(H,20,22). The first-order valence-electron chi connectivity index (χ1n) is 8.80. The van der Waals surface area contributed by atoms with Crippen molar-refractivity contribution < 1.29 is 14.4 Å². The summed E-state index contributed by atoms with van der Waals surface area (Å²) in [6.07, 6.45) is 4.63. The molecule has 1 unspecified atom stereocenters. The summed E-state index contributed by atoms with van der Waals surface area (Å²) in [5.74, 6) is -0.231. The fourth-order valence-corrected chi connectivity index (χ4v) is 2.95. The van der Waals surface area contributed by atoms with Gasteiger partial charge in [-0.05, 0) is 24.5 Å². The zero-order valence-corrected chi connectivity index (χ0v) is 14.5. The Kier molecular flexibility index (Phi) is 6.53. The first-order valence-corrected chi connectivity index (χ1v) is 8.80. The van der Waals surface area contributed by atoms with Crippen LogP contribution in [0.2, 0.25) is 0 Å². The van der Waals surface area contributed by atoms with Gasteiger partial charge < -0.3 is 5.32 Å². The van der Waals surface area contributed by atoms with Crippen molar-refractivity contribution in [2.45, 2.75) is 46.0 Å². The van der Waals surface area contributed by atoms with E-state index < -0.39 is 0 Å². The average molecular weight is 330 g/mol. The number of nitrogens with one attached hydrogen (secondary N) is 1. The van der Waals surface area contributed by atoms with Crippen molar-refractivity contribution in [3.05, 3.63) is 35.4 Å². The van der Waals surface area contributed by atoms with E-state index in [4.69, 9.17) is 0 Å². The first kappa shape index (κ1) is 18.2. The van der Waals surface area contributed by atoms with Crippen LogP contribution >= 0.6 is 0 Å². The molecule has 0 saturated heterocycles. The van der Waals surface area contributed by atoms with Crippen LogP contribution in [0.25, 0.3) is 0 Å². The van der Waals surface area contributed by atoms with Gasteiger partial charge in [0.1, 0.15) is 0 Å². The van der Waals surface area contributed by atoms with Crippen LogP contribution in [0.5, 0.6) is 0 Å². The number of unbranched alkanes of at least 4 members (excludes halogenated alkanes) is 1. The lowest BCUT2D eigenvalue weighted by atomic mass is 9.99. The lowest BCUT2D eigenvalue weighted by Crippen LogP contribution is -2.35. The molecule has 0 aliphatic carbocycles. The topological polar surface area (TPSA) is 66.5 Å². The number of hydrogen-bond donors (Lipinski definition) is 1. The molecule has 1 aliphatic rings. The largest absolute Gasteiger partial charge is 0.356 e. The van der Waals surface area contributed by atoms with Gasteiger partial charge in [-0.25, -0.2) is 0 Å². The average Bonchev–Trinajstić information content (AvgIpc) is 2.84. The molecule has 24 heavy (non-hydrogen) atoms. The van der Waals surface area contributed by atoms with E-state index >= 15 is 0 Å².